The van der Waals surface area contributed by atoms with Crippen LogP contribution in [-0.2, 0) is 11.3 Å². The van der Waals surface area contributed by atoms with Crippen molar-refractivity contribution >= 4 is 12.1 Å². The molecule has 0 aromatic heterocycles. The first-order valence-electron chi connectivity index (χ1n) is 7.06. The van der Waals surface area contributed by atoms with Crippen LogP contribution in [-0.4, -0.2) is 36.2 Å². The number of carbonyl (C=O) groups is 2. The lowest BCUT2D eigenvalue weighted by Crippen LogP contribution is -2.53. The summed E-state index contributed by atoms with van der Waals surface area (Å²) in [6.07, 6.45) is 0.340. The highest BCUT2D eigenvalue weighted by Gasteiger charge is 2.27. The molecule has 1 aromatic rings. The summed E-state index contributed by atoms with van der Waals surface area (Å²) in [4.78, 5) is 24.6. The quantitative estimate of drug-likeness (QED) is 0.889. The molecule has 2 unspecified atom stereocenters. The van der Waals surface area contributed by atoms with E-state index in [9.17, 15) is 9.59 Å². The number of amides is 3. The number of rotatable bonds is 3. The standard InChI is InChI=1S/C15H21N3O3/c1-11-7-13(9-18(8-11)14(16)19)17-15(20)21-10-12-5-3-2-4-6-12/h2-6,11,13H,7-10H2,1H3,(H2,16,19)(H,17,20). The number of hydrogen-bond acceptors (Lipinski definition) is 3. The first kappa shape index (κ1) is 15.2. The van der Waals surface area contributed by atoms with E-state index in [-0.39, 0.29) is 12.6 Å². The molecule has 1 saturated heterocycles. The highest BCUT2D eigenvalue weighted by atomic mass is 16.5. The second-order valence-corrected chi connectivity index (χ2v) is 5.49. The van der Waals surface area contributed by atoms with Crippen LogP contribution in [0.3, 0.4) is 0 Å². The van der Waals surface area contributed by atoms with Crippen LogP contribution in [0.2, 0.25) is 0 Å². The van der Waals surface area contributed by atoms with Crippen molar-refractivity contribution in [2.45, 2.75) is 26.0 Å². The number of ether oxygens (including phenoxy) is 1. The number of nitrogens with one attached hydrogen (secondary N) is 1. The maximum atomic E-state index is 11.8. The van der Waals surface area contributed by atoms with Crippen molar-refractivity contribution < 1.29 is 14.3 Å². The fraction of sp³-hybridized carbons (Fsp3) is 0.467. The fourth-order valence-electron chi connectivity index (χ4n) is 2.57. The van der Waals surface area contributed by atoms with Gasteiger partial charge in [0, 0.05) is 13.1 Å². The third-order valence-electron chi connectivity index (χ3n) is 3.51. The molecule has 0 aliphatic carbocycles. The van der Waals surface area contributed by atoms with E-state index in [0.29, 0.717) is 19.0 Å². The fourth-order valence-corrected chi connectivity index (χ4v) is 2.57. The molecule has 1 aliphatic heterocycles. The molecule has 3 amide bonds. The maximum absolute atomic E-state index is 11.8. The first-order valence-corrected chi connectivity index (χ1v) is 7.06. The third-order valence-corrected chi connectivity index (χ3v) is 3.51. The number of urea groups is 1. The van der Waals surface area contributed by atoms with Crippen molar-refractivity contribution in [3.8, 4) is 0 Å². The van der Waals surface area contributed by atoms with Crippen LogP contribution >= 0.6 is 0 Å². The minimum Gasteiger partial charge on any atom is -0.445 e. The van der Waals surface area contributed by atoms with Gasteiger partial charge in [-0.1, -0.05) is 37.3 Å². The number of piperidine rings is 1. The Kier molecular flexibility index (Phi) is 5.03. The van der Waals surface area contributed by atoms with Gasteiger partial charge in [0.25, 0.3) is 0 Å². The molecule has 6 heteroatoms. The molecule has 2 atom stereocenters. The van der Waals surface area contributed by atoms with Crippen LogP contribution in [0.25, 0.3) is 0 Å². The zero-order chi connectivity index (χ0) is 15.2. The molecule has 2 rings (SSSR count). The van der Waals surface area contributed by atoms with E-state index in [2.05, 4.69) is 5.32 Å². The Morgan fingerprint density at radius 2 is 2.05 bits per heavy atom. The second-order valence-electron chi connectivity index (χ2n) is 5.49. The number of nitrogens with two attached hydrogens (primary N) is 1. The highest BCUT2D eigenvalue weighted by Crippen LogP contribution is 2.16. The van der Waals surface area contributed by atoms with E-state index in [1.807, 2.05) is 37.3 Å². The van der Waals surface area contributed by atoms with E-state index >= 15 is 0 Å². The van der Waals surface area contributed by atoms with Gasteiger partial charge in [0.1, 0.15) is 6.61 Å². The average Bonchev–Trinajstić information content (AvgIpc) is 2.45. The molecule has 3 N–H and O–H groups in total. The van der Waals surface area contributed by atoms with Crippen LogP contribution < -0.4 is 11.1 Å². The monoisotopic (exact) mass is 291 g/mol. The lowest BCUT2D eigenvalue weighted by atomic mass is 9.96. The Morgan fingerprint density at radius 3 is 2.71 bits per heavy atom. The molecule has 1 aromatic carbocycles. The number of primary amides is 1. The lowest BCUT2D eigenvalue weighted by Gasteiger charge is -2.35. The maximum Gasteiger partial charge on any atom is 0.407 e. The number of hydrogen-bond donors (Lipinski definition) is 2. The van der Waals surface area contributed by atoms with Gasteiger partial charge in [-0.25, -0.2) is 9.59 Å². The topological polar surface area (TPSA) is 84.7 Å². The smallest absolute Gasteiger partial charge is 0.407 e. The molecule has 6 nitrogen and oxygen atoms in total. The molecular formula is C15H21N3O3. The molecule has 1 aliphatic rings. The minimum absolute atomic E-state index is 0.121. The molecule has 0 radical (unpaired) electrons. The van der Waals surface area contributed by atoms with E-state index in [1.54, 1.807) is 4.90 Å². The van der Waals surface area contributed by atoms with Crippen LogP contribution in [0.1, 0.15) is 18.9 Å². The van der Waals surface area contributed by atoms with Gasteiger partial charge in [-0.3, -0.25) is 0 Å². The van der Waals surface area contributed by atoms with Gasteiger partial charge in [-0.05, 0) is 17.9 Å². The largest absolute Gasteiger partial charge is 0.445 e. The van der Waals surface area contributed by atoms with Crippen molar-refractivity contribution in [3.63, 3.8) is 0 Å². The van der Waals surface area contributed by atoms with Crippen LogP contribution in [0.15, 0.2) is 30.3 Å². The van der Waals surface area contributed by atoms with Crippen LogP contribution in [0.5, 0.6) is 0 Å². The predicted molar refractivity (Wildman–Crippen MR) is 78.5 cm³/mol. The van der Waals surface area contributed by atoms with Gasteiger partial charge < -0.3 is 20.7 Å². The molecule has 0 bridgehead atoms. The Balaban J connectivity index is 1.80. The Labute approximate surface area is 124 Å². The molecule has 21 heavy (non-hydrogen) atoms. The van der Waals surface area contributed by atoms with Gasteiger partial charge in [0.05, 0.1) is 6.04 Å². The summed E-state index contributed by atoms with van der Waals surface area (Å²) in [7, 11) is 0. The number of benzene rings is 1. The molecular weight excluding hydrogens is 270 g/mol. The predicted octanol–water partition coefficient (Wildman–Crippen LogP) is 1.70. The average molecular weight is 291 g/mol. The van der Waals surface area contributed by atoms with Crippen molar-refractivity contribution in [1.82, 2.24) is 10.2 Å². The van der Waals surface area contributed by atoms with Crippen LogP contribution in [0, 0.1) is 5.92 Å². The zero-order valence-electron chi connectivity index (χ0n) is 12.1. The third kappa shape index (κ3) is 4.66. The summed E-state index contributed by atoms with van der Waals surface area (Å²) in [5.41, 5.74) is 6.23. The second kappa shape index (κ2) is 6.97. The van der Waals surface area contributed by atoms with Crippen molar-refractivity contribution in [2.75, 3.05) is 13.1 Å². The van der Waals surface area contributed by atoms with E-state index in [0.717, 1.165) is 12.0 Å². The van der Waals surface area contributed by atoms with Gasteiger partial charge >= 0.3 is 12.1 Å². The normalized spacial score (nSPS) is 21.7. The van der Waals surface area contributed by atoms with Gasteiger partial charge in [-0.15, -0.1) is 0 Å². The highest BCUT2D eigenvalue weighted by molar-refractivity contribution is 5.72. The molecule has 1 heterocycles. The van der Waals surface area contributed by atoms with Crippen molar-refractivity contribution in [2.24, 2.45) is 11.7 Å². The Hall–Kier alpha value is -2.24. The van der Waals surface area contributed by atoms with Crippen LogP contribution in [0.4, 0.5) is 9.59 Å². The molecule has 0 saturated carbocycles. The van der Waals surface area contributed by atoms with Crippen molar-refractivity contribution in [1.29, 1.82) is 0 Å². The summed E-state index contributed by atoms with van der Waals surface area (Å²) in [5.74, 6) is 0.297. The summed E-state index contributed by atoms with van der Waals surface area (Å²) in [6.45, 7) is 3.32. The number of likely N-dealkylation sites (tertiary alicyclic amines) is 1. The number of alkyl carbamates (subject to hydrolysis) is 1. The Morgan fingerprint density at radius 1 is 1.33 bits per heavy atom. The molecule has 114 valence electrons. The zero-order valence-corrected chi connectivity index (χ0v) is 12.1. The van der Waals surface area contributed by atoms with Gasteiger partial charge in [-0.2, -0.15) is 0 Å². The first-order chi connectivity index (χ1) is 10.0. The lowest BCUT2D eigenvalue weighted by molar-refractivity contribution is 0.120. The molecule has 1 fully saturated rings. The SMILES string of the molecule is CC1CC(NC(=O)OCc2ccccc2)CN(C(N)=O)C1. The van der Waals surface area contributed by atoms with Crippen molar-refractivity contribution in [3.05, 3.63) is 35.9 Å². The summed E-state index contributed by atoms with van der Waals surface area (Å²) < 4.78 is 5.18. The number of carbonyl (C=O) groups excluding carboxylic acids is 2. The summed E-state index contributed by atoms with van der Waals surface area (Å²) >= 11 is 0. The number of nitrogens with zero attached hydrogens (tertiary/aromatic N) is 1. The van der Waals surface area contributed by atoms with Gasteiger partial charge in [0.2, 0.25) is 0 Å². The summed E-state index contributed by atoms with van der Waals surface area (Å²) in [6, 6.07) is 8.91. The van der Waals surface area contributed by atoms with E-state index in [1.165, 1.54) is 0 Å². The Bertz CT molecular complexity index is 492. The van der Waals surface area contributed by atoms with E-state index in [4.69, 9.17) is 10.5 Å². The molecule has 0 spiro atoms. The van der Waals surface area contributed by atoms with Gasteiger partial charge in [0.15, 0.2) is 0 Å². The minimum atomic E-state index is -0.470. The summed E-state index contributed by atoms with van der Waals surface area (Å²) in [5, 5.41) is 2.79. The van der Waals surface area contributed by atoms with E-state index < -0.39 is 12.1 Å².